The Bertz CT molecular complexity index is 503. The molecule has 0 spiro atoms. The first-order valence-electron chi connectivity index (χ1n) is 7.14. The Hall–Kier alpha value is -1.22. The van der Waals surface area contributed by atoms with Crippen LogP contribution in [0, 0.1) is 12.8 Å². The lowest BCUT2D eigenvalue weighted by Gasteiger charge is -2.39. The monoisotopic (exact) mass is 295 g/mol. The van der Waals surface area contributed by atoms with E-state index < -0.39 is 0 Å². The minimum absolute atomic E-state index is 0.148. The predicted molar refractivity (Wildman–Crippen MR) is 81.4 cm³/mol. The molecule has 0 saturated heterocycles. The lowest BCUT2D eigenvalue weighted by molar-refractivity contribution is 0.0867. The van der Waals surface area contributed by atoms with E-state index in [0.29, 0.717) is 17.4 Å². The molecule has 1 fully saturated rings. The summed E-state index contributed by atoms with van der Waals surface area (Å²) in [5, 5.41) is 12.8. The summed E-state index contributed by atoms with van der Waals surface area (Å²) in [7, 11) is 0. The van der Waals surface area contributed by atoms with Crippen molar-refractivity contribution >= 4 is 17.5 Å². The molecule has 0 heterocycles. The van der Waals surface area contributed by atoms with Gasteiger partial charge in [-0.1, -0.05) is 25.8 Å². The summed E-state index contributed by atoms with van der Waals surface area (Å²) < 4.78 is 0. The molecule has 0 bridgehead atoms. The van der Waals surface area contributed by atoms with Crippen LogP contribution in [-0.4, -0.2) is 22.4 Å². The van der Waals surface area contributed by atoms with Crippen molar-refractivity contribution in [1.82, 2.24) is 5.32 Å². The van der Waals surface area contributed by atoms with Crippen LogP contribution in [0.1, 0.15) is 48.5 Å². The maximum absolute atomic E-state index is 12.4. The molecule has 1 aromatic carbocycles. The summed E-state index contributed by atoms with van der Waals surface area (Å²) in [5.41, 5.74) is 0.937. The number of nitrogens with one attached hydrogen (secondary N) is 1. The van der Waals surface area contributed by atoms with Crippen LogP contribution >= 0.6 is 11.6 Å². The average molecular weight is 296 g/mol. The molecule has 1 amide bonds. The third-order valence-corrected chi connectivity index (χ3v) is 4.71. The lowest BCUT2D eigenvalue weighted by Crippen LogP contribution is -2.52. The van der Waals surface area contributed by atoms with Crippen molar-refractivity contribution in [2.75, 3.05) is 5.88 Å². The number of aromatic hydroxyl groups is 1. The van der Waals surface area contributed by atoms with Gasteiger partial charge in [0, 0.05) is 11.4 Å². The van der Waals surface area contributed by atoms with E-state index in [9.17, 15) is 9.90 Å². The molecule has 0 aromatic heterocycles. The van der Waals surface area contributed by atoms with Crippen LogP contribution in [0.5, 0.6) is 5.75 Å². The maximum atomic E-state index is 12.4. The van der Waals surface area contributed by atoms with Crippen LogP contribution in [0.2, 0.25) is 0 Å². The van der Waals surface area contributed by atoms with E-state index >= 15 is 0 Å². The second-order valence-electron chi connectivity index (χ2n) is 6.07. The molecule has 1 aromatic rings. The highest BCUT2D eigenvalue weighted by Crippen LogP contribution is 2.33. The van der Waals surface area contributed by atoms with Crippen molar-refractivity contribution in [3.63, 3.8) is 0 Å². The number of rotatable bonds is 3. The van der Waals surface area contributed by atoms with Gasteiger partial charge < -0.3 is 10.4 Å². The van der Waals surface area contributed by atoms with Gasteiger partial charge in [0.25, 0.3) is 5.91 Å². The number of carbonyl (C=O) groups excluding carboxylic acids is 1. The van der Waals surface area contributed by atoms with Crippen LogP contribution in [0.25, 0.3) is 0 Å². The Balaban J connectivity index is 2.14. The maximum Gasteiger partial charge on any atom is 0.251 e. The molecule has 20 heavy (non-hydrogen) atoms. The molecular formula is C16H22ClNO2. The average Bonchev–Trinajstić information content (AvgIpc) is 2.41. The summed E-state index contributed by atoms with van der Waals surface area (Å²) >= 11 is 6.13. The molecule has 2 N–H and O–H groups in total. The van der Waals surface area contributed by atoms with Gasteiger partial charge in [-0.15, -0.1) is 11.6 Å². The highest BCUT2D eigenvalue weighted by Gasteiger charge is 2.35. The minimum Gasteiger partial charge on any atom is -0.508 e. The first-order chi connectivity index (χ1) is 9.46. The number of benzene rings is 1. The largest absolute Gasteiger partial charge is 0.508 e. The van der Waals surface area contributed by atoms with Crippen LogP contribution < -0.4 is 5.32 Å². The molecule has 0 radical (unpaired) electrons. The fourth-order valence-electron chi connectivity index (χ4n) is 2.99. The topological polar surface area (TPSA) is 49.3 Å². The Morgan fingerprint density at radius 2 is 2.30 bits per heavy atom. The van der Waals surface area contributed by atoms with E-state index in [-0.39, 0.29) is 17.2 Å². The quantitative estimate of drug-likeness (QED) is 0.837. The molecular weight excluding hydrogens is 274 g/mol. The number of aryl methyl sites for hydroxylation is 1. The van der Waals surface area contributed by atoms with E-state index in [1.165, 1.54) is 12.5 Å². The second-order valence-corrected chi connectivity index (χ2v) is 6.34. The number of halogens is 1. The number of alkyl halides is 1. The van der Waals surface area contributed by atoms with Gasteiger partial charge in [-0.3, -0.25) is 4.79 Å². The van der Waals surface area contributed by atoms with E-state index in [1.807, 2.05) is 0 Å². The van der Waals surface area contributed by atoms with E-state index in [0.717, 1.165) is 24.8 Å². The van der Waals surface area contributed by atoms with Gasteiger partial charge in [-0.25, -0.2) is 0 Å². The molecule has 110 valence electrons. The van der Waals surface area contributed by atoms with Crippen molar-refractivity contribution in [2.24, 2.45) is 5.92 Å². The second kappa shape index (κ2) is 6.04. The molecule has 4 heteroatoms. The zero-order chi connectivity index (χ0) is 14.8. The van der Waals surface area contributed by atoms with Crippen LogP contribution in [-0.2, 0) is 0 Å². The van der Waals surface area contributed by atoms with Gasteiger partial charge >= 0.3 is 0 Å². The molecule has 2 unspecified atom stereocenters. The third-order valence-electron chi connectivity index (χ3n) is 4.20. The normalized spacial score (nSPS) is 26.2. The summed E-state index contributed by atoms with van der Waals surface area (Å²) in [4.78, 5) is 12.4. The van der Waals surface area contributed by atoms with Gasteiger partial charge in [-0.2, -0.15) is 0 Å². The highest BCUT2D eigenvalue weighted by atomic mass is 35.5. The van der Waals surface area contributed by atoms with Crippen molar-refractivity contribution in [3.05, 3.63) is 29.3 Å². The molecule has 2 rings (SSSR count). The van der Waals surface area contributed by atoms with Crippen molar-refractivity contribution in [3.8, 4) is 5.75 Å². The Kier molecular flexibility index (Phi) is 4.59. The van der Waals surface area contributed by atoms with E-state index in [1.54, 1.807) is 19.1 Å². The smallest absolute Gasteiger partial charge is 0.251 e. The zero-order valence-electron chi connectivity index (χ0n) is 12.1. The molecule has 0 aliphatic heterocycles. The number of phenols is 1. The number of phenolic OH excluding ortho intramolecular Hbond substituents is 1. The summed E-state index contributed by atoms with van der Waals surface area (Å²) in [6.07, 6.45) is 4.12. The van der Waals surface area contributed by atoms with Gasteiger partial charge in [-0.05, 0) is 43.4 Å². The summed E-state index contributed by atoms with van der Waals surface area (Å²) in [6.45, 7) is 4.00. The van der Waals surface area contributed by atoms with Gasteiger partial charge in [0.2, 0.25) is 0 Å². The van der Waals surface area contributed by atoms with E-state index in [4.69, 9.17) is 11.6 Å². The van der Waals surface area contributed by atoms with Crippen LogP contribution in [0.3, 0.4) is 0 Å². The standard InChI is InChI=1S/C16H22ClNO2/c1-11-4-3-7-16(9-11,10-17)18-15(20)13-6-5-12(2)14(19)8-13/h5-6,8,11,19H,3-4,7,9-10H2,1-2H3,(H,18,20). The first kappa shape index (κ1) is 15.2. The number of carbonyl (C=O) groups is 1. The SMILES string of the molecule is Cc1ccc(C(=O)NC2(CCl)CCCC(C)C2)cc1O. The Morgan fingerprint density at radius 1 is 1.55 bits per heavy atom. The lowest BCUT2D eigenvalue weighted by atomic mass is 9.77. The molecule has 3 nitrogen and oxygen atoms in total. The van der Waals surface area contributed by atoms with Gasteiger partial charge in [0.05, 0.1) is 5.54 Å². The molecule has 1 saturated carbocycles. The van der Waals surface area contributed by atoms with Gasteiger partial charge in [0.15, 0.2) is 0 Å². The summed E-state index contributed by atoms with van der Waals surface area (Å²) in [6, 6.07) is 5.00. The summed E-state index contributed by atoms with van der Waals surface area (Å²) in [5.74, 6) is 1.000. The van der Waals surface area contributed by atoms with Crippen molar-refractivity contribution in [1.29, 1.82) is 0 Å². The van der Waals surface area contributed by atoms with Gasteiger partial charge in [0.1, 0.15) is 5.75 Å². The predicted octanol–water partition coefficient (Wildman–Crippen LogP) is 3.62. The Morgan fingerprint density at radius 3 is 2.90 bits per heavy atom. The molecule has 2 atom stereocenters. The van der Waals surface area contributed by atoms with E-state index in [2.05, 4.69) is 12.2 Å². The number of hydrogen-bond donors (Lipinski definition) is 2. The van der Waals surface area contributed by atoms with Crippen LogP contribution in [0.4, 0.5) is 0 Å². The highest BCUT2D eigenvalue weighted by molar-refractivity contribution is 6.19. The molecule has 1 aliphatic rings. The van der Waals surface area contributed by atoms with Crippen molar-refractivity contribution < 1.29 is 9.90 Å². The van der Waals surface area contributed by atoms with Crippen molar-refractivity contribution in [2.45, 2.75) is 45.1 Å². The fourth-order valence-corrected chi connectivity index (χ4v) is 3.30. The minimum atomic E-state index is -0.309. The number of hydrogen-bond acceptors (Lipinski definition) is 2. The Labute approximate surface area is 125 Å². The fraction of sp³-hybridized carbons (Fsp3) is 0.562. The first-order valence-corrected chi connectivity index (χ1v) is 7.67. The number of amides is 1. The third kappa shape index (κ3) is 3.26. The zero-order valence-corrected chi connectivity index (χ0v) is 12.8. The van der Waals surface area contributed by atoms with Crippen LogP contribution in [0.15, 0.2) is 18.2 Å². The molecule has 1 aliphatic carbocycles.